The third-order valence-electron chi connectivity index (χ3n) is 1.05. The van der Waals surface area contributed by atoms with E-state index in [1.807, 2.05) is 0 Å². The summed E-state index contributed by atoms with van der Waals surface area (Å²) in [7, 11) is 0. The van der Waals surface area contributed by atoms with Crippen LogP contribution in [0.25, 0.3) is 0 Å². The van der Waals surface area contributed by atoms with E-state index < -0.39 is 11.9 Å². The molecule has 0 atom stereocenters. The third kappa shape index (κ3) is 13.4. The minimum Gasteiger partial charge on any atom is -0.481 e. The van der Waals surface area contributed by atoms with E-state index in [4.69, 9.17) is 10.2 Å². The van der Waals surface area contributed by atoms with E-state index in [1.165, 1.54) is 6.08 Å². The molecule has 0 aliphatic carbocycles. The van der Waals surface area contributed by atoms with Crippen LogP contribution in [0, 0.1) is 0 Å². The highest BCUT2D eigenvalue weighted by Gasteiger charge is 1.96. The fourth-order valence-corrected chi connectivity index (χ4v) is 0.275. The first-order valence-corrected chi connectivity index (χ1v) is 3.69. The van der Waals surface area contributed by atoms with Crippen molar-refractivity contribution in [1.29, 1.82) is 0 Å². The zero-order chi connectivity index (χ0) is 10.9. The third-order valence-corrected chi connectivity index (χ3v) is 1.05. The molecule has 0 spiro atoms. The Morgan fingerprint density at radius 2 is 1.85 bits per heavy atom. The highest BCUT2D eigenvalue weighted by atomic mass is 16.4. The highest BCUT2D eigenvalue weighted by Crippen LogP contribution is 1.93. The molecule has 13 heavy (non-hydrogen) atoms. The fraction of sp³-hybridized carbons (Fsp3) is 0.333. The van der Waals surface area contributed by atoms with Gasteiger partial charge in [-0.3, -0.25) is 4.79 Å². The van der Waals surface area contributed by atoms with E-state index in [1.54, 1.807) is 6.92 Å². The predicted molar refractivity (Wildman–Crippen MR) is 49.5 cm³/mol. The van der Waals surface area contributed by atoms with Crippen LogP contribution >= 0.6 is 0 Å². The van der Waals surface area contributed by atoms with Crippen molar-refractivity contribution in [2.24, 2.45) is 0 Å². The molecular formula is C9H14O4. The maximum Gasteiger partial charge on any atom is 0.330 e. The fourth-order valence-electron chi connectivity index (χ4n) is 0.275. The van der Waals surface area contributed by atoms with Crippen LogP contribution in [0.15, 0.2) is 24.8 Å². The summed E-state index contributed by atoms with van der Waals surface area (Å²) >= 11 is 0. The van der Waals surface area contributed by atoms with E-state index >= 15 is 0 Å². The first kappa shape index (κ1) is 14.0. The summed E-state index contributed by atoms with van der Waals surface area (Å²) in [5.74, 6) is -1.73. The van der Waals surface area contributed by atoms with Crippen molar-refractivity contribution in [2.75, 3.05) is 0 Å². The van der Waals surface area contributed by atoms with Crippen molar-refractivity contribution in [3.8, 4) is 0 Å². The number of rotatable bonds is 4. The van der Waals surface area contributed by atoms with E-state index in [-0.39, 0.29) is 12.0 Å². The molecule has 0 aromatic carbocycles. The van der Waals surface area contributed by atoms with Gasteiger partial charge in [0.1, 0.15) is 0 Å². The van der Waals surface area contributed by atoms with Gasteiger partial charge in [0.25, 0.3) is 0 Å². The Bertz CT molecular complexity index is 206. The molecule has 0 saturated carbocycles. The van der Waals surface area contributed by atoms with Gasteiger partial charge in [-0.25, -0.2) is 4.79 Å². The monoisotopic (exact) mass is 186 g/mol. The molecular weight excluding hydrogens is 172 g/mol. The average Bonchev–Trinajstić information content (AvgIpc) is 2.03. The molecule has 0 fully saturated rings. The predicted octanol–water partition coefficient (Wildman–Crippen LogP) is 1.68. The summed E-state index contributed by atoms with van der Waals surface area (Å²) < 4.78 is 0. The lowest BCUT2D eigenvalue weighted by Gasteiger charge is -1.87. The summed E-state index contributed by atoms with van der Waals surface area (Å²) in [6.07, 6.45) is 1.93. The highest BCUT2D eigenvalue weighted by molar-refractivity contribution is 5.85. The van der Waals surface area contributed by atoms with E-state index in [2.05, 4.69) is 13.2 Å². The number of aliphatic carboxylic acids is 2. The number of hydrogen-bond donors (Lipinski definition) is 2. The van der Waals surface area contributed by atoms with Gasteiger partial charge in [-0.15, -0.1) is 6.58 Å². The quantitative estimate of drug-likeness (QED) is 0.517. The molecule has 0 aliphatic heterocycles. The Morgan fingerprint density at radius 3 is 1.85 bits per heavy atom. The van der Waals surface area contributed by atoms with Gasteiger partial charge < -0.3 is 10.2 Å². The second-order valence-corrected chi connectivity index (χ2v) is 2.15. The molecule has 0 unspecified atom stereocenters. The van der Waals surface area contributed by atoms with Gasteiger partial charge in [-0.2, -0.15) is 0 Å². The van der Waals surface area contributed by atoms with Crippen LogP contribution < -0.4 is 0 Å². The molecule has 0 aromatic heterocycles. The molecule has 0 heterocycles. The number of hydrogen-bond acceptors (Lipinski definition) is 2. The smallest absolute Gasteiger partial charge is 0.330 e. The molecule has 0 bridgehead atoms. The van der Waals surface area contributed by atoms with Crippen molar-refractivity contribution in [2.45, 2.75) is 19.8 Å². The molecule has 2 N–H and O–H groups in total. The van der Waals surface area contributed by atoms with E-state index in [9.17, 15) is 9.59 Å². The second kappa shape index (κ2) is 8.52. The number of carbonyl (C=O) groups is 2. The molecule has 0 aromatic rings. The molecule has 4 heteroatoms. The van der Waals surface area contributed by atoms with Crippen LogP contribution in [-0.2, 0) is 9.59 Å². The summed E-state index contributed by atoms with van der Waals surface area (Å²) in [6, 6.07) is 0. The maximum atomic E-state index is 9.83. The van der Waals surface area contributed by atoms with E-state index in [0.29, 0.717) is 6.42 Å². The first-order valence-electron chi connectivity index (χ1n) is 3.69. The number of carboxylic acids is 2. The minimum absolute atomic E-state index is 0.0556. The maximum absolute atomic E-state index is 9.83. The van der Waals surface area contributed by atoms with Gasteiger partial charge >= 0.3 is 11.9 Å². The number of carboxylic acid groups (broad SMARTS) is 2. The van der Waals surface area contributed by atoms with Crippen LogP contribution in [0.5, 0.6) is 0 Å². The Labute approximate surface area is 77.2 Å². The van der Waals surface area contributed by atoms with Gasteiger partial charge in [0, 0.05) is 5.57 Å². The Morgan fingerprint density at radius 1 is 1.38 bits per heavy atom. The zero-order valence-electron chi connectivity index (χ0n) is 7.62. The largest absolute Gasteiger partial charge is 0.481 e. The Hall–Kier alpha value is -1.58. The van der Waals surface area contributed by atoms with Crippen LogP contribution in [0.2, 0.25) is 0 Å². The molecule has 0 saturated heterocycles. The summed E-state index contributed by atoms with van der Waals surface area (Å²) in [4.78, 5) is 19.4. The Balaban J connectivity index is 0. The van der Waals surface area contributed by atoms with Crippen LogP contribution in [0.1, 0.15) is 19.8 Å². The zero-order valence-corrected chi connectivity index (χ0v) is 7.62. The minimum atomic E-state index is -0.900. The van der Waals surface area contributed by atoms with Gasteiger partial charge in [0.15, 0.2) is 0 Å². The lowest BCUT2D eigenvalue weighted by molar-refractivity contribution is -0.136. The molecule has 74 valence electrons. The summed E-state index contributed by atoms with van der Waals surface area (Å²) in [5, 5.41) is 15.9. The average molecular weight is 186 g/mol. The normalized spacial score (nSPS) is 7.77. The van der Waals surface area contributed by atoms with Crippen molar-refractivity contribution >= 4 is 11.9 Å². The molecule has 0 amide bonds. The Kier molecular flexibility index (Phi) is 9.15. The van der Waals surface area contributed by atoms with Crippen molar-refractivity contribution in [1.82, 2.24) is 0 Å². The first-order chi connectivity index (χ1) is 5.95. The van der Waals surface area contributed by atoms with Crippen LogP contribution in [-0.4, -0.2) is 22.2 Å². The van der Waals surface area contributed by atoms with Crippen molar-refractivity contribution < 1.29 is 19.8 Å². The SMILES string of the molecule is C=C(CC)C(=O)O.C=CCC(=O)O. The molecule has 4 nitrogen and oxygen atoms in total. The lowest BCUT2D eigenvalue weighted by atomic mass is 10.2. The van der Waals surface area contributed by atoms with Gasteiger partial charge in [0.05, 0.1) is 6.42 Å². The van der Waals surface area contributed by atoms with Gasteiger partial charge in [-0.05, 0) is 6.42 Å². The van der Waals surface area contributed by atoms with Gasteiger partial charge in [-0.1, -0.05) is 19.6 Å². The standard InChI is InChI=1S/C5H8O2.C4H6O2/c1-3-4(2)5(6)7;1-2-3-4(5)6/h2-3H2,1H3,(H,6,7);2H,1,3H2,(H,5,6). The van der Waals surface area contributed by atoms with Crippen molar-refractivity contribution in [3.63, 3.8) is 0 Å². The van der Waals surface area contributed by atoms with Crippen LogP contribution in [0.3, 0.4) is 0 Å². The van der Waals surface area contributed by atoms with Gasteiger partial charge in [0.2, 0.25) is 0 Å². The molecule has 0 radical (unpaired) electrons. The topological polar surface area (TPSA) is 74.6 Å². The lowest BCUT2D eigenvalue weighted by Crippen LogP contribution is -1.95. The molecule has 0 aliphatic rings. The molecule has 0 rings (SSSR count). The van der Waals surface area contributed by atoms with E-state index in [0.717, 1.165) is 0 Å². The summed E-state index contributed by atoms with van der Waals surface area (Å²) in [5.41, 5.74) is 0.264. The van der Waals surface area contributed by atoms with Crippen molar-refractivity contribution in [3.05, 3.63) is 24.8 Å². The summed E-state index contributed by atoms with van der Waals surface area (Å²) in [6.45, 7) is 8.25. The second-order valence-electron chi connectivity index (χ2n) is 2.15. The van der Waals surface area contributed by atoms with Crippen LogP contribution in [0.4, 0.5) is 0 Å².